The highest BCUT2D eigenvalue weighted by atomic mass is 31.2. The molecule has 0 aliphatic heterocycles. The van der Waals surface area contributed by atoms with E-state index in [1.807, 2.05) is 0 Å². The van der Waals surface area contributed by atoms with Crippen molar-refractivity contribution in [2.75, 3.05) is 7.11 Å². The maximum absolute atomic E-state index is 7.76. The summed E-state index contributed by atoms with van der Waals surface area (Å²) in [6.07, 6.45) is 0. The normalized spacial score (nSPS) is 6.86. The zero-order valence-corrected chi connectivity index (χ0v) is 5.06. The lowest BCUT2D eigenvalue weighted by molar-refractivity contribution is 0.310. The fourth-order valence-electron chi connectivity index (χ4n) is 0. The maximum atomic E-state index is 7.76. The predicted octanol–water partition coefficient (Wildman–Crippen LogP) is 0.168. The summed E-state index contributed by atoms with van der Waals surface area (Å²) in [6.45, 7) is 0. The lowest BCUT2D eigenvalue weighted by Crippen LogP contribution is -1.67. The van der Waals surface area contributed by atoms with E-state index < -0.39 is 8.60 Å². The van der Waals surface area contributed by atoms with Crippen molar-refractivity contribution in [2.45, 2.75) is 0 Å². The molecule has 5 nitrogen and oxygen atoms in total. The van der Waals surface area contributed by atoms with E-state index in [1.165, 1.54) is 7.11 Å². The third kappa shape index (κ3) is 22.4. The first-order chi connectivity index (χ1) is 2.27. The minimum atomic E-state index is -2.10. The lowest BCUT2D eigenvalue weighted by Gasteiger charge is -1.89. The Labute approximate surface area is 43.5 Å². The number of hydrogen-bond acceptors (Lipinski definition) is 5. The first-order valence-corrected chi connectivity index (χ1v) is 2.16. The van der Waals surface area contributed by atoms with Crippen molar-refractivity contribution in [1.82, 2.24) is 12.3 Å². The van der Waals surface area contributed by atoms with Crippen LogP contribution in [0.1, 0.15) is 0 Å². The minimum absolute atomic E-state index is 0. The Bertz CT molecular complexity index is 26.9. The molecule has 0 aromatic heterocycles. The van der Waals surface area contributed by atoms with Crippen LogP contribution >= 0.6 is 8.60 Å². The second-order valence-corrected chi connectivity index (χ2v) is 1.31. The summed E-state index contributed by atoms with van der Waals surface area (Å²) in [4.78, 5) is 15.5. The molecule has 7 heavy (non-hydrogen) atoms. The highest BCUT2D eigenvalue weighted by molar-refractivity contribution is 7.39. The van der Waals surface area contributed by atoms with Crippen LogP contribution in [0.4, 0.5) is 0 Å². The summed E-state index contributed by atoms with van der Waals surface area (Å²) in [6, 6.07) is 0. The van der Waals surface area contributed by atoms with Gasteiger partial charge >= 0.3 is 8.60 Å². The van der Waals surface area contributed by atoms with Gasteiger partial charge in [0, 0.05) is 7.11 Å². The largest absolute Gasteiger partial charge is 0.344 e. The molecule has 0 aliphatic carbocycles. The van der Waals surface area contributed by atoms with Crippen LogP contribution in [0, 0.1) is 0 Å². The fraction of sp³-hybridized carbons (Fsp3) is 1.00. The molecule has 0 unspecified atom stereocenters. The van der Waals surface area contributed by atoms with Crippen molar-refractivity contribution >= 4 is 8.60 Å². The molecule has 6 heteroatoms. The number of rotatable bonds is 1. The van der Waals surface area contributed by atoms with Gasteiger partial charge in [0.05, 0.1) is 0 Å². The maximum Gasteiger partial charge on any atom is 0.326 e. The van der Waals surface area contributed by atoms with Crippen LogP contribution in [0.15, 0.2) is 0 Å². The molecule has 0 amide bonds. The molecular formula is CH11N2O3P. The van der Waals surface area contributed by atoms with Gasteiger partial charge < -0.3 is 26.6 Å². The Hall–Kier alpha value is 0.230. The third-order valence-electron chi connectivity index (χ3n) is 0.163. The van der Waals surface area contributed by atoms with E-state index in [1.54, 1.807) is 0 Å². The van der Waals surface area contributed by atoms with Crippen molar-refractivity contribution in [3.63, 3.8) is 0 Å². The molecule has 0 aromatic rings. The van der Waals surface area contributed by atoms with Crippen molar-refractivity contribution < 1.29 is 14.3 Å². The molecular weight excluding hydrogens is 119 g/mol. The van der Waals surface area contributed by atoms with Crippen LogP contribution in [-0.2, 0) is 4.52 Å². The van der Waals surface area contributed by atoms with E-state index in [2.05, 4.69) is 4.52 Å². The molecule has 0 bridgehead atoms. The van der Waals surface area contributed by atoms with Gasteiger partial charge in [-0.15, -0.1) is 0 Å². The van der Waals surface area contributed by atoms with Crippen LogP contribution in [0.2, 0.25) is 0 Å². The average molecular weight is 130 g/mol. The molecule has 0 atom stereocenters. The van der Waals surface area contributed by atoms with Crippen LogP contribution in [0.5, 0.6) is 0 Å². The minimum Gasteiger partial charge on any atom is -0.344 e. The Morgan fingerprint density at radius 2 is 1.43 bits per heavy atom. The van der Waals surface area contributed by atoms with Crippen molar-refractivity contribution in [3.05, 3.63) is 0 Å². The van der Waals surface area contributed by atoms with E-state index in [9.17, 15) is 0 Å². The molecule has 48 valence electrons. The predicted molar refractivity (Wildman–Crippen MR) is 28.4 cm³/mol. The Kier molecular flexibility index (Phi) is 21.3. The Morgan fingerprint density at radius 1 is 1.29 bits per heavy atom. The average Bonchev–Trinajstić information content (AvgIpc) is 1.38. The first-order valence-electron chi connectivity index (χ1n) is 0.991. The summed E-state index contributed by atoms with van der Waals surface area (Å²) in [5.74, 6) is 0. The Balaban J connectivity index is -0.0000000800. The highest BCUT2D eigenvalue weighted by Gasteiger charge is 1.86. The van der Waals surface area contributed by atoms with Gasteiger partial charge in [-0.05, 0) is 0 Å². The molecule has 0 spiro atoms. The molecule has 8 N–H and O–H groups in total. The summed E-state index contributed by atoms with van der Waals surface area (Å²) in [5.41, 5.74) is 0. The topological polar surface area (TPSA) is 120 Å². The molecule has 0 saturated carbocycles. The van der Waals surface area contributed by atoms with E-state index >= 15 is 0 Å². The van der Waals surface area contributed by atoms with Gasteiger partial charge in [-0.2, -0.15) is 0 Å². The van der Waals surface area contributed by atoms with Crippen LogP contribution < -0.4 is 12.3 Å². The SMILES string of the molecule is COP(O)O.N.N. The second-order valence-electron chi connectivity index (χ2n) is 0.435. The summed E-state index contributed by atoms with van der Waals surface area (Å²) in [7, 11) is -0.870. The monoisotopic (exact) mass is 130 g/mol. The first kappa shape index (κ1) is 15.7. The quantitative estimate of drug-likeness (QED) is 0.377. The van der Waals surface area contributed by atoms with Crippen LogP contribution in [0.3, 0.4) is 0 Å². The Morgan fingerprint density at radius 3 is 1.43 bits per heavy atom. The third-order valence-corrected chi connectivity index (χ3v) is 0.490. The van der Waals surface area contributed by atoms with Crippen molar-refractivity contribution in [3.8, 4) is 0 Å². The zero-order chi connectivity index (χ0) is 4.28. The van der Waals surface area contributed by atoms with Gasteiger partial charge in [-0.1, -0.05) is 0 Å². The molecule has 0 aromatic carbocycles. The van der Waals surface area contributed by atoms with Gasteiger partial charge in [0.15, 0.2) is 0 Å². The van der Waals surface area contributed by atoms with Gasteiger partial charge in [0.25, 0.3) is 0 Å². The number of hydrogen-bond donors (Lipinski definition) is 4. The molecule has 0 fully saturated rings. The molecule has 0 rings (SSSR count). The fourth-order valence-corrected chi connectivity index (χ4v) is 0. The summed E-state index contributed by atoms with van der Waals surface area (Å²) < 4.78 is 3.93. The van der Waals surface area contributed by atoms with Gasteiger partial charge in [0.1, 0.15) is 0 Å². The summed E-state index contributed by atoms with van der Waals surface area (Å²) in [5, 5.41) is 0. The molecule has 0 heterocycles. The van der Waals surface area contributed by atoms with E-state index in [0.717, 1.165) is 0 Å². The van der Waals surface area contributed by atoms with E-state index in [0.29, 0.717) is 0 Å². The van der Waals surface area contributed by atoms with Gasteiger partial charge in [-0.25, -0.2) is 0 Å². The molecule has 0 aliphatic rings. The summed E-state index contributed by atoms with van der Waals surface area (Å²) >= 11 is 0. The van der Waals surface area contributed by atoms with Gasteiger partial charge in [-0.3, -0.25) is 0 Å². The van der Waals surface area contributed by atoms with E-state index in [-0.39, 0.29) is 12.3 Å². The van der Waals surface area contributed by atoms with Crippen molar-refractivity contribution in [2.24, 2.45) is 0 Å². The second kappa shape index (κ2) is 9.52. The van der Waals surface area contributed by atoms with Crippen molar-refractivity contribution in [1.29, 1.82) is 0 Å². The van der Waals surface area contributed by atoms with Crippen LogP contribution in [-0.4, -0.2) is 16.9 Å². The lowest BCUT2D eigenvalue weighted by atomic mass is 11.8. The van der Waals surface area contributed by atoms with Crippen LogP contribution in [0.25, 0.3) is 0 Å². The standard InChI is InChI=1S/CH5O3P.2H3N/c1-4-5(2)3;;/h2-3H,1H3;2*1H3. The highest BCUT2D eigenvalue weighted by Crippen LogP contribution is 2.20. The molecule has 0 radical (unpaired) electrons. The van der Waals surface area contributed by atoms with Gasteiger partial charge in [0.2, 0.25) is 0 Å². The van der Waals surface area contributed by atoms with E-state index in [4.69, 9.17) is 9.79 Å². The zero-order valence-electron chi connectivity index (χ0n) is 4.16. The molecule has 0 saturated heterocycles. The smallest absolute Gasteiger partial charge is 0.326 e.